The molecule has 1 aromatic heterocycles. The molecule has 182 valence electrons. The number of nitrogens with one attached hydrogen (secondary N) is 1. The van der Waals surface area contributed by atoms with E-state index in [0.717, 1.165) is 6.20 Å². The van der Waals surface area contributed by atoms with Crippen molar-refractivity contribution < 1.29 is 33.0 Å². The van der Waals surface area contributed by atoms with Gasteiger partial charge in [-0.1, -0.05) is 6.92 Å². The van der Waals surface area contributed by atoms with E-state index in [-0.39, 0.29) is 18.3 Å². The maximum Gasteiger partial charge on any atom is 0.274 e. The summed E-state index contributed by atoms with van der Waals surface area (Å²) >= 11 is 0. The normalized spacial score (nSPS) is 23.9. The molecule has 1 unspecified atom stereocenters. The van der Waals surface area contributed by atoms with Crippen molar-refractivity contribution in [1.82, 2.24) is 14.8 Å². The number of aliphatic hydroxyl groups is 1. The van der Waals surface area contributed by atoms with E-state index in [1.807, 2.05) is 6.92 Å². The number of carbonyl (C=O) groups excluding carboxylic acids is 2. The van der Waals surface area contributed by atoms with Crippen molar-refractivity contribution in [3.05, 3.63) is 62.8 Å². The van der Waals surface area contributed by atoms with Gasteiger partial charge in [0.2, 0.25) is 5.43 Å². The number of benzene rings is 1. The van der Waals surface area contributed by atoms with Crippen LogP contribution in [0, 0.1) is 17.5 Å². The fraction of sp³-hybridized carbons (Fsp3) is 0.435. The van der Waals surface area contributed by atoms with Crippen LogP contribution in [0.5, 0.6) is 5.75 Å². The number of hydrogen-bond donors (Lipinski definition) is 3. The second kappa shape index (κ2) is 8.46. The molecule has 8 nitrogen and oxygen atoms in total. The van der Waals surface area contributed by atoms with E-state index < -0.39 is 69.8 Å². The first kappa shape index (κ1) is 23.8. The summed E-state index contributed by atoms with van der Waals surface area (Å²) in [5.74, 6) is -6.15. The molecule has 2 aliphatic rings. The molecule has 11 heteroatoms. The number of aromatic nitrogens is 1. The minimum Gasteiger partial charge on any atom is -0.503 e. The molecule has 0 saturated carbocycles. The van der Waals surface area contributed by atoms with Gasteiger partial charge in [-0.25, -0.2) is 13.2 Å². The van der Waals surface area contributed by atoms with E-state index in [0.29, 0.717) is 31.4 Å². The number of amides is 2. The Labute approximate surface area is 192 Å². The minimum atomic E-state index is -1.27. The summed E-state index contributed by atoms with van der Waals surface area (Å²) in [5.41, 5.74) is -3.91. The zero-order chi connectivity index (χ0) is 24.9. The molecule has 0 aliphatic carbocycles. The molecule has 34 heavy (non-hydrogen) atoms. The molecule has 3 heterocycles. The van der Waals surface area contributed by atoms with Crippen molar-refractivity contribution in [2.45, 2.75) is 57.3 Å². The number of carbonyl (C=O) groups is 2. The fourth-order valence-corrected chi connectivity index (χ4v) is 4.74. The van der Waals surface area contributed by atoms with Crippen molar-refractivity contribution in [2.24, 2.45) is 0 Å². The van der Waals surface area contributed by atoms with Gasteiger partial charge in [0.1, 0.15) is 23.0 Å². The third kappa shape index (κ3) is 3.73. The van der Waals surface area contributed by atoms with Crippen LogP contribution in [0.4, 0.5) is 13.2 Å². The number of hydrogen-bond acceptors (Lipinski definition) is 5. The Bertz CT molecular complexity index is 1220. The summed E-state index contributed by atoms with van der Waals surface area (Å²) in [4.78, 5) is 40.1. The van der Waals surface area contributed by atoms with Crippen LogP contribution in [0.3, 0.4) is 0 Å². The van der Waals surface area contributed by atoms with Crippen molar-refractivity contribution in [3.63, 3.8) is 0 Å². The van der Waals surface area contributed by atoms with Gasteiger partial charge in [-0.05, 0) is 26.2 Å². The average molecular weight is 479 g/mol. The monoisotopic (exact) mass is 479 g/mol. The molecule has 0 radical (unpaired) electrons. The van der Waals surface area contributed by atoms with Crippen LogP contribution in [0.2, 0.25) is 0 Å². The van der Waals surface area contributed by atoms with Gasteiger partial charge in [0.25, 0.3) is 11.8 Å². The molecule has 3 N–H and O–H groups in total. The smallest absolute Gasteiger partial charge is 0.274 e. The summed E-state index contributed by atoms with van der Waals surface area (Å²) in [5, 5.41) is 24.1. The second-order valence-corrected chi connectivity index (χ2v) is 8.83. The van der Waals surface area contributed by atoms with Gasteiger partial charge in [-0.2, -0.15) is 0 Å². The molecule has 2 bridgehead atoms. The van der Waals surface area contributed by atoms with Crippen molar-refractivity contribution in [2.75, 3.05) is 6.54 Å². The zero-order valence-corrected chi connectivity index (χ0v) is 18.6. The summed E-state index contributed by atoms with van der Waals surface area (Å²) < 4.78 is 42.2. The number of aromatic hydroxyl groups is 1. The lowest BCUT2D eigenvalue weighted by Gasteiger charge is -2.42. The Morgan fingerprint density at radius 2 is 1.88 bits per heavy atom. The van der Waals surface area contributed by atoms with Gasteiger partial charge < -0.3 is 25.0 Å². The summed E-state index contributed by atoms with van der Waals surface area (Å²) in [6.07, 6.45) is 2.27. The standard InChI is InChI=1S/C23H24F3N3O5/c1-3-23(34)5-4-11(2)28-10-17(23)29-9-14(19(30)20(31)18(29)22(28)33)21(32)27-8-13-15(25)6-12(24)7-16(13)26/h6-7,9,11,17,31,34H,3-5,8,10H2,1-2H3,(H,27,32)/t11-,17+,23?/m0/s1. The molecule has 4 rings (SSSR count). The lowest BCUT2D eigenvalue weighted by atomic mass is 9.86. The predicted octanol–water partition coefficient (Wildman–Crippen LogP) is 2.22. The van der Waals surface area contributed by atoms with Gasteiger partial charge in [-0.3, -0.25) is 14.4 Å². The number of pyridine rings is 1. The highest BCUT2D eigenvalue weighted by atomic mass is 19.1. The van der Waals surface area contributed by atoms with Crippen LogP contribution >= 0.6 is 0 Å². The quantitative estimate of drug-likeness (QED) is 0.623. The maximum atomic E-state index is 13.9. The highest BCUT2D eigenvalue weighted by molar-refractivity contribution is 5.99. The fourth-order valence-electron chi connectivity index (χ4n) is 4.74. The molecule has 2 aliphatic heterocycles. The van der Waals surface area contributed by atoms with E-state index in [9.17, 15) is 37.8 Å². The molecule has 0 spiro atoms. The zero-order valence-electron chi connectivity index (χ0n) is 18.6. The third-order valence-corrected chi connectivity index (χ3v) is 6.91. The van der Waals surface area contributed by atoms with Gasteiger partial charge in [0, 0.05) is 43.0 Å². The van der Waals surface area contributed by atoms with Crippen LogP contribution in [0.15, 0.2) is 23.1 Å². The Hall–Kier alpha value is -3.34. The summed E-state index contributed by atoms with van der Waals surface area (Å²) in [6, 6.07) is -0.0529. The average Bonchev–Trinajstić information content (AvgIpc) is 2.89. The second-order valence-electron chi connectivity index (χ2n) is 8.83. The lowest BCUT2D eigenvalue weighted by Crippen LogP contribution is -2.52. The number of fused-ring (bicyclic) bond motifs is 4. The van der Waals surface area contributed by atoms with Crippen LogP contribution in [0.25, 0.3) is 0 Å². The van der Waals surface area contributed by atoms with E-state index in [4.69, 9.17) is 0 Å². The van der Waals surface area contributed by atoms with E-state index in [2.05, 4.69) is 5.32 Å². The van der Waals surface area contributed by atoms with E-state index in [1.165, 1.54) is 9.47 Å². The van der Waals surface area contributed by atoms with Gasteiger partial charge >= 0.3 is 0 Å². The topological polar surface area (TPSA) is 112 Å². The minimum absolute atomic E-state index is 0.118. The molecular formula is C23H24F3N3O5. The maximum absolute atomic E-state index is 13.9. The SMILES string of the molecule is CCC1(O)CC[C@H](C)N2C[C@H]1n1cc(C(=O)NCc3c(F)cc(F)cc3F)c(=O)c(O)c1C2=O. The summed E-state index contributed by atoms with van der Waals surface area (Å²) in [7, 11) is 0. The Morgan fingerprint density at radius 3 is 2.50 bits per heavy atom. The molecular weight excluding hydrogens is 455 g/mol. The van der Waals surface area contributed by atoms with Gasteiger partial charge in [0.15, 0.2) is 11.4 Å². The molecule has 3 atom stereocenters. The van der Waals surface area contributed by atoms with Crippen molar-refractivity contribution in [1.29, 1.82) is 0 Å². The summed E-state index contributed by atoms with van der Waals surface area (Å²) in [6.45, 7) is 3.02. The van der Waals surface area contributed by atoms with Crippen LogP contribution in [-0.2, 0) is 6.54 Å². The van der Waals surface area contributed by atoms with E-state index >= 15 is 0 Å². The number of rotatable bonds is 4. The first-order valence-electron chi connectivity index (χ1n) is 10.9. The van der Waals surface area contributed by atoms with Crippen LogP contribution < -0.4 is 10.7 Å². The first-order valence-corrected chi connectivity index (χ1v) is 10.9. The highest BCUT2D eigenvalue weighted by Gasteiger charge is 2.48. The Kier molecular flexibility index (Phi) is 5.92. The highest BCUT2D eigenvalue weighted by Crippen LogP contribution is 2.41. The third-order valence-electron chi connectivity index (χ3n) is 6.91. The molecule has 2 aromatic rings. The van der Waals surface area contributed by atoms with Gasteiger partial charge in [0.05, 0.1) is 11.6 Å². The predicted molar refractivity (Wildman–Crippen MR) is 114 cm³/mol. The van der Waals surface area contributed by atoms with Gasteiger partial charge in [-0.15, -0.1) is 0 Å². The van der Waals surface area contributed by atoms with Crippen molar-refractivity contribution >= 4 is 11.8 Å². The van der Waals surface area contributed by atoms with Crippen LogP contribution in [0.1, 0.15) is 65.6 Å². The number of nitrogens with zero attached hydrogens (tertiary/aromatic N) is 2. The number of halogens is 3. The molecule has 1 saturated heterocycles. The van der Waals surface area contributed by atoms with Crippen LogP contribution in [-0.4, -0.2) is 49.7 Å². The Morgan fingerprint density at radius 1 is 1.24 bits per heavy atom. The lowest BCUT2D eigenvalue weighted by molar-refractivity contribution is -0.0272. The molecule has 1 aromatic carbocycles. The molecule has 1 fully saturated rings. The van der Waals surface area contributed by atoms with Crippen molar-refractivity contribution in [3.8, 4) is 5.75 Å². The largest absolute Gasteiger partial charge is 0.503 e. The van der Waals surface area contributed by atoms with E-state index in [1.54, 1.807) is 6.92 Å². The Balaban J connectivity index is 1.75. The molecule has 2 amide bonds. The first-order chi connectivity index (χ1) is 16.0.